The van der Waals surface area contributed by atoms with Crippen LogP contribution in [0.2, 0.25) is 0 Å². The molecule has 0 unspecified atom stereocenters. The second kappa shape index (κ2) is 8.40. The van der Waals surface area contributed by atoms with Crippen LogP contribution in [-0.2, 0) is 11.2 Å². The number of ether oxygens (including phenoxy) is 2. The highest BCUT2D eigenvalue weighted by molar-refractivity contribution is 5.83. The molecule has 1 fully saturated rings. The Labute approximate surface area is 172 Å². The number of aliphatic hydroxyl groups excluding tert-OH is 3. The van der Waals surface area contributed by atoms with Gasteiger partial charge in [0.05, 0.1) is 20.0 Å². The molecule has 3 heterocycles. The highest BCUT2D eigenvalue weighted by Crippen LogP contribution is 2.32. The molecule has 0 radical (unpaired) electrons. The molecule has 2 aromatic heterocycles. The number of nitrogens with zero attached hydrogens (tertiary/aromatic N) is 4. The minimum Gasteiger partial charge on any atom is -0.497 e. The predicted octanol–water partition coefficient (Wildman–Crippen LogP) is -0.317. The Balaban J connectivity index is 1.51. The molecule has 11 nitrogen and oxygen atoms in total. The minimum absolute atomic E-state index is 0.178. The van der Waals surface area contributed by atoms with Crippen LogP contribution in [0.5, 0.6) is 5.75 Å². The van der Waals surface area contributed by atoms with Gasteiger partial charge < -0.3 is 35.8 Å². The largest absolute Gasteiger partial charge is 0.497 e. The molecule has 4 rings (SSSR count). The van der Waals surface area contributed by atoms with E-state index in [4.69, 9.17) is 15.2 Å². The number of aromatic nitrogens is 4. The molecule has 1 aliphatic heterocycles. The molecule has 160 valence electrons. The standard InChI is InChI=1S/C19H24N6O5/c1-29-11-4-2-10(3-5-11)6-7-21-19-23-16(20)13-17(24-19)25(9-22-13)18-15(28)14(27)12(8-26)30-18/h2-5,9,12,14-15,18,26-28H,6-8H2,1H3,(H3,20,21,23,24)/t12-,14-,15-,18-/m1/s1. The molecular formula is C19H24N6O5. The van der Waals surface area contributed by atoms with E-state index < -0.39 is 31.1 Å². The van der Waals surface area contributed by atoms with Gasteiger partial charge in [-0.25, -0.2) is 4.98 Å². The van der Waals surface area contributed by atoms with Gasteiger partial charge in [0.1, 0.15) is 29.6 Å². The molecule has 6 N–H and O–H groups in total. The first-order chi connectivity index (χ1) is 14.5. The SMILES string of the molecule is COc1ccc(CCNc2nc(N)c3ncn([C@@H]4O[C@H](CO)[C@@H](O)[C@H]4O)c3n2)cc1. The minimum atomic E-state index is -1.25. The predicted molar refractivity (Wildman–Crippen MR) is 108 cm³/mol. The number of imidazole rings is 1. The van der Waals surface area contributed by atoms with E-state index in [1.807, 2.05) is 24.3 Å². The van der Waals surface area contributed by atoms with E-state index in [1.165, 1.54) is 10.9 Å². The molecule has 0 amide bonds. The summed E-state index contributed by atoms with van der Waals surface area (Å²) >= 11 is 0. The van der Waals surface area contributed by atoms with Crippen LogP contribution in [0.4, 0.5) is 11.8 Å². The molecule has 1 aromatic carbocycles. The van der Waals surface area contributed by atoms with Crippen molar-refractivity contribution in [2.24, 2.45) is 0 Å². The van der Waals surface area contributed by atoms with Gasteiger partial charge in [-0.2, -0.15) is 9.97 Å². The van der Waals surface area contributed by atoms with Gasteiger partial charge in [-0.1, -0.05) is 12.1 Å². The Kier molecular flexibility index (Phi) is 5.68. The number of benzene rings is 1. The maximum atomic E-state index is 10.3. The van der Waals surface area contributed by atoms with E-state index in [0.29, 0.717) is 23.7 Å². The average Bonchev–Trinajstić information content (AvgIpc) is 3.30. The topological polar surface area (TPSA) is 161 Å². The summed E-state index contributed by atoms with van der Waals surface area (Å²) in [6, 6.07) is 7.76. The lowest BCUT2D eigenvalue weighted by Gasteiger charge is -2.16. The second-order valence-corrected chi connectivity index (χ2v) is 7.01. The zero-order valence-corrected chi connectivity index (χ0v) is 16.3. The lowest BCUT2D eigenvalue weighted by atomic mass is 10.1. The van der Waals surface area contributed by atoms with Crippen LogP contribution < -0.4 is 15.8 Å². The van der Waals surface area contributed by atoms with Crippen molar-refractivity contribution in [3.05, 3.63) is 36.2 Å². The van der Waals surface area contributed by atoms with Gasteiger partial charge in [-0.15, -0.1) is 0 Å². The number of hydrogen-bond donors (Lipinski definition) is 5. The van der Waals surface area contributed by atoms with Gasteiger partial charge in [-0.05, 0) is 24.1 Å². The van der Waals surface area contributed by atoms with Crippen molar-refractivity contribution in [3.8, 4) is 5.75 Å². The molecule has 1 saturated heterocycles. The third-order valence-corrected chi connectivity index (χ3v) is 5.10. The number of methoxy groups -OCH3 is 1. The first-order valence-corrected chi connectivity index (χ1v) is 9.51. The number of hydrogen-bond acceptors (Lipinski definition) is 10. The fourth-order valence-corrected chi connectivity index (χ4v) is 3.42. The average molecular weight is 416 g/mol. The first kappa shape index (κ1) is 20.3. The summed E-state index contributed by atoms with van der Waals surface area (Å²) in [7, 11) is 1.62. The molecule has 30 heavy (non-hydrogen) atoms. The summed E-state index contributed by atoms with van der Waals surface area (Å²) in [4.78, 5) is 12.9. The number of anilines is 2. The van der Waals surface area contributed by atoms with Gasteiger partial charge in [0.15, 0.2) is 17.7 Å². The monoisotopic (exact) mass is 416 g/mol. The molecule has 3 aromatic rings. The molecule has 0 aliphatic carbocycles. The smallest absolute Gasteiger partial charge is 0.226 e. The summed E-state index contributed by atoms with van der Waals surface area (Å²) in [5, 5.41) is 32.8. The Hall–Kier alpha value is -2.99. The molecular weight excluding hydrogens is 392 g/mol. The van der Waals surface area contributed by atoms with Gasteiger partial charge in [0, 0.05) is 6.54 Å². The molecule has 1 aliphatic rings. The Morgan fingerprint density at radius 3 is 2.63 bits per heavy atom. The number of rotatable bonds is 7. The highest BCUT2D eigenvalue weighted by Gasteiger charge is 2.44. The summed E-state index contributed by atoms with van der Waals surface area (Å²) in [5.41, 5.74) is 7.85. The van der Waals surface area contributed by atoms with E-state index in [-0.39, 0.29) is 5.82 Å². The van der Waals surface area contributed by atoms with Gasteiger partial charge in [-0.3, -0.25) is 4.57 Å². The van der Waals surface area contributed by atoms with Crippen molar-refractivity contribution in [1.29, 1.82) is 0 Å². The van der Waals surface area contributed by atoms with Crippen LogP contribution in [0, 0.1) is 0 Å². The fourth-order valence-electron chi connectivity index (χ4n) is 3.42. The van der Waals surface area contributed by atoms with Crippen molar-refractivity contribution in [1.82, 2.24) is 19.5 Å². The highest BCUT2D eigenvalue weighted by atomic mass is 16.6. The van der Waals surface area contributed by atoms with Gasteiger partial charge in [0.25, 0.3) is 0 Å². The van der Waals surface area contributed by atoms with Crippen molar-refractivity contribution in [2.75, 3.05) is 31.3 Å². The van der Waals surface area contributed by atoms with Crippen LogP contribution in [0.1, 0.15) is 11.8 Å². The van der Waals surface area contributed by atoms with Crippen LogP contribution in [0.15, 0.2) is 30.6 Å². The summed E-state index contributed by atoms with van der Waals surface area (Å²) < 4.78 is 12.2. The molecule has 4 atom stereocenters. The lowest BCUT2D eigenvalue weighted by molar-refractivity contribution is -0.0511. The van der Waals surface area contributed by atoms with E-state index in [2.05, 4.69) is 20.3 Å². The number of nitrogens with two attached hydrogens (primary N) is 1. The van der Waals surface area contributed by atoms with E-state index in [9.17, 15) is 15.3 Å². The van der Waals surface area contributed by atoms with Crippen LogP contribution in [0.3, 0.4) is 0 Å². The Bertz CT molecular complexity index is 1010. The summed E-state index contributed by atoms with van der Waals surface area (Å²) in [6.45, 7) is 0.149. The fraction of sp³-hybridized carbons (Fsp3) is 0.421. The van der Waals surface area contributed by atoms with Crippen LogP contribution >= 0.6 is 0 Å². The van der Waals surface area contributed by atoms with E-state index in [1.54, 1.807) is 7.11 Å². The zero-order valence-electron chi connectivity index (χ0n) is 16.3. The maximum absolute atomic E-state index is 10.3. The first-order valence-electron chi connectivity index (χ1n) is 9.51. The normalized spacial score (nSPS) is 23.7. The number of nitrogen functional groups attached to an aromatic ring is 1. The number of fused-ring (bicyclic) bond motifs is 1. The number of aliphatic hydroxyl groups is 3. The number of nitrogens with one attached hydrogen (secondary N) is 1. The Morgan fingerprint density at radius 2 is 1.97 bits per heavy atom. The molecule has 0 saturated carbocycles. The van der Waals surface area contributed by atoms with E-state index in [0.717, 1.165) is 17.7 Å². The third-order valence-electron chi connectivity index (χ3n) is 5.10. The maximum Gasteiger partial charge on any atom is 0.226 e. The molecule has 11 heteroatoms. The van der Waals surface area contributed by atoms with Crippen molar-refractivity contribution in [2.45, 2.75) is 31.0 Å². The quantitative estimate of drug-likeness (QED) is 0.345. The van der Waals surface area contributed by atoms with Gasteiger partial charge in [0.2, 0.25) is 5.95 Å². The third kappa shape index (κ3) is 3.75. The van der Waals surface area contributed by atoms with E-state index >= 15 is 0 Å². The van der Waals surface area contributed by atoms with Crippen molar-refractivity contribution in [3.63, 3.8) is 0 Å². The molecule has 0 spiro atoms. The Morgan fingerprint density at radius 1 is 1.20 bits per heavy atom. The van der Waals surface area contributed by atoms with Crippen molar-refractivity contribution >= 4 is 22.9 Å². The lowest BCUT2D eigenvalue weighted by Crippen LogP contribution is -2.33. The van der Waals surface area contributed by atoms with Crippen LogP contribution in [-0.4, -0.2) is 73.4 Å². The van der Waals surface area contributed by atoms with Crippen molar-refractivity contribution < 1.29 is 24.8 Å². The summed E-state index contributed by atoms with van der Waals surface area (Å²) in [5.74, 6) is 1.28. The van der Waals surface area contributed by atoms with Crippen LogP contribution in [0.25, 0.3) is 11.2 Å². The molecule has 0 bridgehead atoms. The van der Waals surface area contributed by atoms with Gasteiger partial charge >= 0.3 is 0 Å². The zero-order chi connectivity index (χ0) is 21.3. The second-order valence-electron chi connectivity index (χ2n) is 7.01. The summed E-state index contributed by atoms with van der Waals surface area (Å²) in [6.07, 6.45) is -2.18.